The van der Waals surface area contributed by atoms with E-state index in [1.165, 1.54) is 30.6 Å². The Morgan fingerprint density at radius 1 is 1.35 bits per heavy atom. The predicted molar refractivity (Wildman–Crippen MR) is 56.0 cm³/mol. The molecule has 0 unspecified atom stereocenters. The highest BCUT2D eigenvalue weighted by molar-refractivity contribution is 6.06. The molecular weight excluding hydrogens is 225 g/mol. The summed E-state index contributed by atoms with van der Waals surface area (Å²) in [5.74, 6) is -0.608. The molecule has 0 atom stereocenters. The molecule has 2 heterocycles. The van der Waals surface area contributed by atoms with Crippen molar-refractivity contribution in [3.63, 3.8) is 0 Å². The van der Waals surface area contributed by atoms with Crippen LogP contribution in [0.25, 0.3) is 11.0 Å². The van der Waals surface area contributed by atoms with E-state index in [9.17, 15) is 9.18 Å². The molecule has 2 aromatic heterocycles. The summed E-state index contributed by atoms with van der Waals surface area (Å²) >= 11 is 0. The maximum absolute atomic E-state index is 13.0. The summed E-state index contributed by atoms with van der Waals surface area (Å²) < 4.78 is 18.3. The molecule has 0 saturated carbocycles. The quantitative estimate of drug-likeness (QED) is 0.684. The Bertz CT molecular complexity index is 688. The van der Waals surface area contributed by atoms with Crippen LogP contribution in [0.15, 0.2) is 35.0 Å². The average molecular weight is 231 g/mol. The van der Waals surface area contributed by atoms with E-state index in [1.807, 2.05) is 0 Å². The van der Waals surface area contributed by atoms with E-state index in [1.54, 1.807) is 0 Å². The van der Waals surface area contributed by atoms with Gasteiger partial charge in [-0.05, 0) is 24.3 Å². The number of H-pyrrole nitrogens is 1. The fourth-order valence-electron chi connectivity index (χ4n) is 1.56. The third-order valence-electron chi connectivity index (χ3n) is 2.33. The lowest BCUT2D eigenvalue weighted by atomic mass is 10.2. The smallest absolute Gasteiger partial charge is 0.264 e. The molecular formula is C11H6FN3O2. The number of furan rings is 1. The van der Waals surface area contributed by atoms with Gasteiger partial charge in [-0.1, -0.05) is 0 Å². The molecule has 3 rings (SSSR count). The first-order chi connectivity index (χ1) is 8.24. The normalized spacial score (nSPS) is 10.9. The van der Waals surface area contributed by atoms with Gasteiger partial charge in [0.25, 0.3) is 5.78 Å². The van der Waals surface area contributed by atoms with Crippen LogP contribution in [-0.2, 0) is 0 Å². The Morgan fingerprint density at radius 2 is 2.24 bits per heavy atom. The maximum atomic E-state index is 13.0. The minimum atomic E-state index is -0.417. The molecule has 1 N–H and O–H groups in total. The van der Waals surface area contributed by atoms with Crippen molar-refractivity contribution in [3.05, 3.63) is 48.0 Å². The van der Waals surface area contributed by atoms with Crippen LogP contribution in [0, 0.1) is 5.82 Å². The summed E-state index contributed by atoms with van der Waals surface area (Å²) in [6, 6.07) is 5.52. The average Bonchev–Trinajstić information content (AvgIpc) is 2.96. The number of fused-ring (bicyclic) bond motifs is 1. The fourth-order valence-corrected chi connectivity index (χ4v) is 1.56. The monoisotopic (exact) mass is 231 g/mol. The van der Waals surface area contributed by atoms with Gasteiger partial charge < -0.3 is 4.42 Å². The standard InChI is InChI=1S/C11H6FN3O2/c12-7-1-2-8-6(3-7)4-9(17-8)10(16)11-13-5-14-15-11/h1-5H,(H,13,14,15). The molecule has 0 spiro atoms. The van der Waals surface area contributed by atoms with Crippen molar-refractivity contribution in [1.82, 2.24) is 15.2 Å². The lowest BCUT2D eigenvalue weighted by Gasteiger charge is -1.89. The third-order valence-corrected chi connectivity index (χ3v) is 2.33. The zero-order valence-electron chi connectivity index (χ0n) is 8.48. The lowest BCUT2D eigenvalue weighted by Crippen LogP contribution is -2.01. The SMILES string of the molecule is O=C(c1ncn[nH]1)c1cc2cc(F)ccc2o1. The summed E-state index contributed by atoms with van der Waals surface area (Å²) in [5, 5.41) is 6.56. The number of carbonyl (C=O) groups excluding carboxylic acids is 1. The highest BCUT2D eigenvalue weighted by Gasteiger charge is 2.17. The van der Waals surface area contributed by atoms with E-state index in [2.05, 4.69) is 15.2 Å². The number of hydrogen-bond donors (Lipinski definition) is 1. The zero-order chi connectivity index (χ0) is 11.8. The second-order valence-electron chi connectivity index (χ2n) is 3.46. The molecule has 3 aromatic rings. The van der Waals surface area contributed by atoms with Gasteiger partial charge in [-0.25, -0.2) is 9.37 Å². The minimum Gasteiger partial charge on any atom is -0.452 e. The van der Waals surface area contributed by atoms with Crippen LogP contribution >= 0.6 is 0 Å². The Balaban J connectivity index is 2.09. The summed E-state index contributed by atoms with van der Waals surface area (Å²) in [7, 11) is 0. The molecule has 17 heavy (non-hydrogen) atoms. The van der Waals surface area contributed by atoms with Crippen LogP contribution in [0.3, 0.4) is 0 Å². The second-order valence-corrected chi connectivity index (χ2v) is 3.46. The summed E-state index contributed by atoms with van der Waals surface area (Å²) in [4.78, 5) is 15.6. The van der Waals surface area contributed by atoms with Gasteiger partial charge in [0.2, 0.25) is 0 Å². The molecule has 0 radical (unpaired) electrons. The van der Waals surface area contributed by atoms with Crippen molar-refractivity contribution in [2.75, 3.05) is 0 Å². The van der Waals surface area contributed by atoms with Crippen LogP contribution < -0.4 is 0 Å². The van der Waals surface area contributed by atoms with Gasteiger partial charge in [-0.3, -0.25) is 9.89 Å². The van der Waals surface area contributed by atoms with E-state index in [4.69, 9.17) is 4.42 Å². The largest absolute Gasteiger partial charge is 0.452 e. The molecule has 0 aliphatic carbocycles. The first-order valence-corrected chi connectivity index (χ1v) is 4.83. The Kier molecular flexibility index (Phi) is 2.01. The van der Waals surface area contributed by atoms with E-state index >= 15 is 0 Å². The van der Waals surface area contributed by atoms with Crippen LogP contribution in [0.1, 0.15) is 16.4 Å². The minimum absolute atomic E-state index is 0.0875. The Morgan fingerprint density at radius 3 is 3.00 bits per heavy atom. The van der Waals surface area contributed by atoms with E-state index < -0.39 is 5.78 Å². The van der Waals surface area contributed by atoms with Crippen molar-refractivity contribution >= 4 is 16.8 Å². The maximum Gasteiger partial charge on any atom is 0.264 e. The molecule has 0 bridgehead atoms. The van der Waals surface area contributed by atoms with Gasteiger partial charge in [0.15, 0.2) is 11.6 Å². The number of halogens is 1. The van der Waals surface area contributed by atoms with Crippen molar-refractivity contribution in [1.29, 1.82) is 0 Å². The van der Waals surface area contributed by atoms with E-state index in [0.29, 0.717) is 11.0 Å². The number of nitrogens with zero attached hydrogens (tertiary/aromatic N) is 2. The van der Waals surface area contributed by atoms with E-state index in [0.717, 1.165) is 0 Å². The molecule has 0 aliphatic rings. The predicted octanol–water partition coefficient (Wildman–Crippen LogP) is 1.92. The summed E-state index contributed by atoms with van der Waals surface area (Å²) in [5.41, 5.74) is 0.453. The Hall–Kier alpha value is -2.50. The summed E-state index contributed by atoms with van der Waals surface area (Å²) in [6.07, 6.45) is 1.23. The lowest BCUT2D eigenvalue weighted by molar-refractivity contribution is 0.100. The number of nitrogens with one attached hydrogen (secondary N) is 1. The van der Waals surface area contributed by atoms with Gasteiger partial charge in [0.1, 0.15) is 17.7 Å². The molecule has 0 aliphatic heterocycles. The van der Waals surface area contributed by atoms with Crippen LogP contribution in [0.4, 0.5) is 4.39 Å². The number of hydrogen-bond acceptors (Lipinski definition) is 4. The Labute approximate surface area is 94.3 Å². The van der Waals surface area contributed by atoms with Crippen molar-refractivity contribution in [3.8, 4) is 0 Å². The summed E-state index contributed by atoms with van der Waals surface area (Å²) in [6.45, 7) is 0. The van der Waals surface area contributed by atoms with Gasteiger partial charge in [0.05, 0.1) is 0 Å². The number of ketones is 1. The number of rotatable bonds is 2. The van der Waals surface area contributed by atoms with Crippen LogP contribution in [0.2, 0.25) is 0 Å². The fraction of sp³-hybridized carbons (Fsp3) is 0. The van der Waals surface area contributed by atoms with Crippen molar-refractivity contribution in [2.45, 2.75) is 0 Å². The molecule has 0 amide bonds. The van der Waals surface area contributed by atoms with Gasteiger partial charge in [-0.2, -0.15) is 5.10 Å². The first kappa shape index (κ1) is 9.71. The molecule has 84 valence electrons. The van der Waals surface area contributed by atoms with Gasteiger partial charge in [0, 0.05) is 5.39 Å². The van der Waals surface area contributed by atoms with E-state index in [-0.39, 0.29) is 17.4 Å². The number of carbonyl (C=O) groups is 1. The highest BCUT2D eigenvalue weighted by Crippen LogP contribution is 2.21. The molecule has 0 saturated heterocycles. The van der Waals surface area contributed by atoms with Crippen LogP contribution in [-0.4, -0.2) is 21.0 Å². The van der Waals surface area contributed by atoms with Crippen molar-refractivity contribution < 1.29 is 13.6 Å². The molecule has 6 heteroatoms. The number of aromatic nitrogens is 3. The first-order valence-electron chi connectivity index (χ1n) is 4.83. The topological polar surface area (TPSA) is 71.8 Å². The molecule has 1 aromatic carbocycles. The van der Waals surface area contributed by atoms with Gasteiger partial charge in [-0.15, -0.1) is 0 Å². The number of aromatic amines is 1. The highest BCUT2D eigenvalue weighted by atomic mass is 19.1. The number of benzene rings is 1. The second kappa shape index (κ2) is 3.51. The van der Waals surface area contributed by atoms with Crippen molar-refractivity contribution in [2.24, 2.45) is 0 Å². The molecule has 5 nitrogen and oxygen atoms in total. The van der Waals surface area contributed by atoms with Gasteiger partial charge >= 0.3 is 0 Å². The zero-order valence-corrected chi connectivity index (χ0v) is 8.48. The molecule has 0 fully saturated rings. The van der Waals surface area contributed by atoms with Crippen LogP contribution in [0.5, 0.6) is 0 Å². The third kappa shape index (κ3) is 1.59.